The molecule has 2 rings (SSSR count). The zero-order valence-electron chi connectivity index (χ0n) is 14.1. The molecule has 1 heterocycles. The van der Waals surface area contributed by atoms with Gasteiger partial charge in [-0.2, -0.15) is 0 Å². The van der Waals surface area contributed by atoms with Crippen LogP contribution in [0.5, 0.6) is 0 Å². The van der Waals surface area contributed by atoms with Crippen LogP contribution in [-0.4, -0.2) is 36.2 Å². The average molecular weight is 312 g/mol. The van der Waals surface area contributed by atoms with Gasteiger partial charge in [-0.1, -0.05) is 32.0 Å². The fourth-order valence-corrected chi connectivity index (χ4v) is 2.43. The van der Waals surface area contributed by atoms with Crippen molar-refractivity contribution in [2.45, 2.75) is 26.7 Å². The highest BCUT2D eigenvalue weighted by molar-refractivity contribution is 6.04. The minimum absolute atomic E-state index is 0.159. The van der Waals surface area contributed by atoms with Gasteiger partial charge in [-0.25, -0.2) is 0 Å². The van der Waals surface area contributed by atoms with Gasteiger partial charge in [0.05, 0.1) is 0 Å². The van der Waals surface area contributed by atoms with Gasteiger partial charge >= 0.3 is 0 Å². The molecule has 0 aliphatic rings. The van der Waals surface area contributed by atoms with Gasteiger partial charge in [0, 0.05) is 25.8 Å². The molecule has 0 saturated carbocycles. The molecule has 1 amide bonds. The highest BCUT2D eigenvalue weighted by Crippen LogP contribution is 2.15. The fourth-order valence-electron chi connectivity index (χ4n) is 2.43. The molecule has 0 bridgehead atoms. The first-order valence-electron chi connectivity index (χ1n) is 8.09. The quantitative estimate of drug-likeness (QED) is 0.786. The fraction of sp³-hybridized carbons (Fsp3) is 0.389. The Kier molecular flexibility index (Phi) is 6.09. The minimum Gasteiger partial charge on any atom is -0.355 e. The largest absolute Gasteiger partial charge is 0.355 e. The number of anilines is 2. The molecular weight excluding hydrogens is 288 g/mol. The second-order valence-corrected chi connectivity index (χ2v) is 5.46. The van der Waals surface area contributed by atoms with E-state index in [0.29, 0.717) is 5.69 Å². The van der Waals surface area contributed by atoms with Gasteiger partial charge in [0.15, 0.2) is 11.5 Å². The number of aromatic nitrogens is 2. The molecule has 5 heteroatoms. The van der Waals surface area contributed by atoms with E-state index in [4.69, 9.17) is 0 Å². The molecule has 0 atom stereocenters. The van der Waals surface area contributed by atoms with Crippen molar-refractivity contribution in [1.82, 2.24) is 10.2 Å². The summed E-state index contributed by atoms with van der Waals surface area (Å²) in [7, 11) is 1.74. The minimum atomic E-state index is -0.159. The summed E-state index contributed by atoms with van der Waals surface area (Å²) in [6.45, 7) is 6.17. The first kappa shape index (κ1) is 16.9. The smallest absolute Gasteiger partial charge is 0.278 e. The van der Waals surface area contributed by atoms with Gasteiger partial charge in [-0.3, -0.25) is 4.79 Å². The molecule has 0 aliphatic heterocycles. The molecule has 0 radical (unpaired) electrons. The van der Waals surface area contributed by atoms with Gasteiger partial charge in [-0.15, -0.1) is 10.2 Å². The standard InChI is InChI=1S/C18H24N4O/c1-4-13-22(14-5-2)17-12-11-16(19-20-17)18(23)21(3)15-9-7-6-8-10-15/h6-12H,4-5,13-14H2,1-3H3. The maximum absolute atomic E-state index is 12.5. The summed E-state index contributed by atoms with van der Waals surface area (Å²) in [6, 6.07) is 13.1. The summed E-state index contributed by atoms with van der Waals surface area (Å²) in [5.74, 6) is 0.667. The molecule has 0 fully saturated rings. The van der Waals surface area contributed by atoms with Crippen molar-refractivity contribution < 1.29 is 4.79 Å². The Hall–Kier alpha value is -2.43. The van der Waals surface area contributed by atoms with Crippen molar-refractivity contribution in [2.75, 3.05) is 29.9 Å². The van der Waals surface area contributed by atoms with E-state index in [1.165, 1.54) is 0 Å². The molecule has 0 saturated heterocycles. The summed E-state index contributed by atoms with van der Waals surface area (Å²) < 4.78 is 0. The lowest BCUT2D eigenvalue weighted by Crippen LogP contribution is -2.29. The Morgan fingerprint density at radius 3 is 2.13 bits per heavy atom. The molecule has 2 aromatic rings. The van der Waals surface area contributed by atoms with Crippen LogP contribution in [0.25, 0.3) is 0 Å². The monoisotopic (exact) mass is 312 g/mol. The summed E-state index contributed by atoms with van der Waals surface area (Å²) in [5.41, 5.74) is 1.19. The van der Waals surface area contributed by atoms with E-state index in [9.17, 15) is 4.79 Å². The van der Waals surface area contributed by atoms with Crippen LogP contribution in [0.4, 0.5) is 11.5 Å². The zero-order valence-corrected chi connectivity index (χ0v) is 14.1. The molecule has 0 N–H and O–H groups in total. The van der Waals surface area contributed by atoms with Crippen LogP contribution in [0.2, 0.25) is 0 Å². The van der Waals surface area contributed by atoms with Crippen LogP contribution in [-0.2, 0) is 0 Å². The van der Waals surface area contributed by atoms with Crippen LogP contribution in [0.1, 0.15) is 37.2 Å². The highest BCUT2D eigenvalue weighted by Gasteiger charge is 2.16. The summed E-state index contributed by atoms with van der Waals surface area (Å²) in [5, 5.41) is 8.37. The molecule has 1 aromatic carbocycles. The van der Waals surface area contributed by atoms with Gasteiger partial charge in [0.25, 0.3) is 5.91 Å². The predicted molar refractivity (Wildman–Crippen MR) is 94.0 cm³/mol. The number of benzene rings is 1. The number of hydrogen-bond donors (Lipinski definition) is 0. The molecule has 1 aromatic heterocycles. The number of hydrogen-bond acceptors (Lipinski definition) is 4. The topological polar surface area (TPSA) is 49.3 Å². The molecule has 23 heavy (non-hydrogen) atoms. The van der Waals surface area contributed by atoms with Crippen LogP contribution in [0.3, 0.4) is 0 Å². The third kappa shape index (κ3) is 4.28. The number of carbonyl (C=O) groups is 1. The van der Waals surface area contributed by atoms with E-state index < -0.39 is 0 Å². The summed E-state index contributed by atoms with van der Waals surface area (Å²) in [6.07, 6.45) is 2.11. The van der Waals surface area contributed by atoms with Crippen LogP contribution in [0.15, 0.2) is 42.5 Å². The van der Waals surface area contributed by atoms with Crippen molar-refractivity contribution in [3.63, 3.8) is 0 Å². The predicted octanol–water partition coefficient (Wildman–Crippen LogP) is 3.38. The van der Waals surface area contributed by atoms with Crippen LogP contribution < -0.4 is 9.80 Å². The molecular formula is C18H24N4O. The Labute approximate surface area is 137 Å². The summed E-state index contributed by atoms with van der Waals surface area (Å²) in [4.78, 5) is 16.3. The van der Waals surface area contributed by atoms with E-state index in [1.54, 1.807) is 18.0 Å². The third-order valence-corrected chi connectivity index (χ3v) is 3.63. The lowest BCUT2D eigenvalue weighted by atomic mass is 10.2. The van der Waals surface area contributed by atoms with Crippen molar-refractivity contribution in [2.24, 2.45) is 0 Å². The normalized spacial score (nSPS) is 10.4. The lowest BCUT2D eigenvalue weighted by molar-refractivity contribution is 0.0987. The van der Waals surface area contributed by atoms with Gasteiger partial charge in [0.1, 0.15) is 0 Å². The first-order valence-corrected chi connectivity index (χ1v) is 8.09. The molecule has 0 spiro atoms. The second kappa shape index (κ2) is 8.27. The molecule has 0 aliphatic carbocycles. The highest BCUT2D eigenvalue weighted by atomic mass is 16.2. The Balaban J connectivity index is 2.13. The maximum atomic E-state index is 12.5. The molecule has 5 nitrogen and oxygen atoms in total. The third-order valence-electron chi connectivity index (χ3n) is 3.63. The van der Waals surface area contributed by atoms with Crippen molar-refractivity contribution >= 4 is 17.4 Å². The first-order chi connectivity index (χ1) is 11.2. The van der Waals surface area contributed by atoms with E-state index >= 15 is 0 Å². The lowest BCUT2D eigenvalue weighted by Gasteiger charge is -2.22. The maximum Gasteiger partial charge on any atom is 0.278 e. The Bertz CT molecular complexity index is 607. The van der Waals surface area contributed by atoms with Crippen molar-refractivity contribution in [3.05, 3.63) is 48.2 Å². The molecule has 0 unspecified atom stereocenters. The Morgan fingerprint density at radius 2 is 1.61 bits per heavy atom. The second-order valence-electron chi connectivity index (χ2n) is 5.46. The van der Waals surface area contributed by atoms with E-state index in [-0.39, 0.29) is 5.91 Å². The van der Waals surface area contributed by atoms with Crippen LogP contribution >= 0.6 is 0 Å². The Morgan fingerprint density at radius 1 is 0.957 bits per heavy atom. The van der Waals surface area contributed by atoms with Crippen molar-refractivity contribution in [3.8, 4) is 0 Å². The van der Waals surface area contributed by atoms with E-state index in [1.807, 2.05) is 36.4 Å². The van der Waals surface area contributed by atoms with E-state index in [2.05, 4.69) is 28.9 Å². The molecule has 122 valence electrons. The van der Waals surface area contributed by atoms with Crippen LogP contribution in [0, 0.1) is 0 Å². The van der Waals surface area contributed by atoms with Gasteiger partial charge in [-0.05, 0) is 37.1 Å². The van der Waals surface area contributed by atoms with Crippen molar-refractivity contribution in [1.29, 1.82) is 0 Å². The number of para-hydroxylation sites is 1. The average Bonchev–Trinajstić information content (AvgIpc) is 2.61. The number of rotatable bonds is 7. The van der Waals surface area contributed by atoms with Gasteiger partial charge < -0.3 is 9.80 Å². The zero-order chi connectivity index (χ0) is 16.7. The number of nitrogens with zero attached hydrogens (tertiary/aromatic N) is 4. The number of amides is 1. The number of carbonyl (C=O) groups excluding carboxylic acids is 1. The SMILES string of the molecule is CCCN(CCC)c1ccc(C(=O)N(C)c2ccccc2)nn1. The summed E-state index contributed by atoms with van der Waals surface area (Å²) >= 11 is 0. The van der Waals surface area contributed by atoms with Gasteiger partial charge in [0.2, 0.25) is 0 Å². The van der Waals surface area contributed by atoms with E-state index in [0.717, 1.165) is 37.4 Å².